The molecule has 12 heteroatoms. The van der Waals surface area contributed by atoms with Crippen LogP contribution in [0.3, 0.4) is 0 Å². The molecule has 0 aliphatic heterocycles. The van der Waals surface area contributed by atoms with E-state index in [1.165, 1.54) is 42.7 Å². The molecular formula is C24H18Cl2N4O5S. The van der Waals surface area contributed by atoms with Crippen molar-refractivity contribution in [2.45, 2.75) is 17.4 Å². The average molecular weight is 545 g/mol. The highest BCUT2D eigenvalue weighted by molar-refractivity contribution is 7.93. The number of benzene rings is 3. The van der Waals surface area contributed by atoms with Gasteiger partial charge in [-0.15, -0.1) is 0 Å². The van der Waals surface area contributed by atoms with Crippen LogP contribution in [0.4, 0.5) is 5.69 Å². The quantitative estimate of drug-likeness (QED) is 0.302. The summed E-state index contributed by atoms with van der Waals surface area (Å²) < 4.78 is 28.9. The van der Waals surface area contributed by atoms with E-state index in [4.69, 9.17) is 23.2 Å². The zero-order valence-electron chi connectivity index (χ0n) is 18.4. The van der Waals surface area contributed by atoms with Gasteiger partial charge in [-0.05, 0) is 48.0 Å². The van der Waals surface area contributed by atoms with E-state index in [2.05, 4.69) is 20.0 Å². The summed E-state index contributed by atoms with van der Waals surface area (Å²) in [6, 6.07) is 13.7. The van der Waals surface area contributed by atoms with Gasteiger partial charge in [0.15, 0.2) is 0 Å². The number of nitrogens with zero attached hydrogens (tertiary/aromatic N) is 2. The monoisotopic (exact) mass is 544 g/mol. The third kappa shape index (κ3) is 5.73. The number of aromatic nitrogens is 2. The Hall–Kier alpha value is -3.73. The number of carboxylic acid groups (broad SMARTS) is 1. The molecule has 0 aliphatic carbocycles. The SMILES string of the molecule is O=C(NC(Cc1cccc(Cl)c1)C(=O)O)c1ccc(Cl)cc1NS(=O)(=O)c1cccc2nccnc12. The number of amides is 1. The van der Waals surface area contributed by atoms with Crippen LogP contribution in [0.1, 0.15) is 15.9 Å². The normalized spacial score (nSPS) is 12.2. The smallest absolute Gasteiger partial charge is 0.326 e. The zero-order valence-corrected chi connectivity index (χ0v) is 20.7. The van der Waals surface area contributed by atoms with E-state index >= 15 is 0 Å². The largest absolute Gasteiger partial charge is 0.480 e. The highest BCUT2D eigenvalue weighted by Crippen LogP contribution is 2.27. The lowest BCUT2D eigenvalue weighted by Gasteiger charge is -2.17. The van der Waals surface area contributed by atoms with Crippen molar-refractivity contribution in [1.82, 2.24) is 15.3 Å². The summed E-state index contributed by atoms with van der Waals surface area (Å²) in [4.78, 5) is 33.0. The number of carbonyl (C=O) groups excluding carboxylic acids is 1. The molecular weight excluding hydrogens is 527 g/mol. The number of sulfonamides is 1. The van der Waals surface area contributed by atoms with Gasteiger partial charge >= 0.3 is 5.97 Å². The second kappa shape index (κ2) is 10.5. The van der Waals surface area contributed by atoms with Gasteiger partial charge in [0.2, 0.25) is 0 Å². The predicted molar refractivity (Wildman–Crippen MR) is 136 cm³/mol. The third-order valence-electron chi connectivity index (χ3n) is 5.15. The van der Waals surface area contributed by atoms with Crippen LogP contribution in [-0.2, 0) is 21.2 Å². The van der Waals surface area contributed by atoms with E-state index in [0.29, 0.717) is 16.1 Å². The van der Waals surface area contributed by atoms with Gasteiger partial charge in [0.1, 0.15) is 16.5 Å². The molecule has 1 unspecified atom stereocenters. The highest BCUT2D eigenvalue weighted by atomic mass is 35.5. The molecule has 3 aromatic carbocycles. The summed E-state index contributed by atoms with van der Waals surface area (Å²) in [5, 5.41) is 12.7. The van der Waals surface area contributed by atoms with Crippen LogP contribution in [-0.4, -0.2) is 41.4 Å². The van der Waals surface area contributed by atoms with Gasteiger partial charge in [-0.3, -0.25) is 19.5 Å². The molecule has 0 aliphatic rings. The maximum atomic E-state index is 13.2. The van der Waals surface area contributed by atoms with Crippen molar-refractivity contribution in [3.05, 3.63) is 94.2 Å². The molecule has 0 fully saturated rings. The van der Waals surface area contributed by atoms with E-state index in [-0.39, 0.29) is 33.1 Å². The number of para-hydroxylation sites is 1. The maximum absolute atomic E-state index is 13.2. The van der Waals surface area contributed by atoms with Crippen molar-refractivity contribution in [3.63, 3.8) is 0 Å². The van der Waals surface area contributed by atoms with Gasteiger partial charge in [-0.1, -0.05) is 41.4 Å². The van der Waals surface area contributed by atoms with Gasteiger partial charge in [-0.25, -0.2) is 13.2 Å². The van der Waals surface area contributed by atoms with Gasteiger partial charge in [-0.2, -0.15) is 0 Å². The predicted octanol–water partition coefficient (Wildman–Crippen LogP) is 4.16. The van der Waals surface area contributed by atoms with Crippen LogP contribution in [0, 0.1) is 0 Å². The van der Waals surface area contributed by atoms with Crippen molar-refractivity contribution >= 4 is 61.8 Å². The van der Waals surface area contributed by atoms with Crippen LogP contribution >= 0.6 is 23.2 Å². The number of nitrogens with one attached hydrogen (secondary N) is 2. The standard InChI is InChI=1S/C24H18Cl2N4O5S/c25-15-4-1-3-14(11-15)12-20(24(32)33)29-23(31)17-8-7-16(26)13-19(17)30-36(34,35)21-6-2-5-18-22(21)28-10-9-27-18/h1-11,13,20,30H,12H2,(H,29,31)(H,32,33). The Morgan fingerprint density at radius 3 is 2.42 bits per heavy atom. The summed E-state index contributed by atoms with van der Waals surface area (Å²) in [6.07, 6.45) is 2.77. The Morgan fingerprint density at radius 2 is 1.67 bits per heavy atom. The summed E-state index contributed by atoms with van der Waals surface area (Å²) in [5.41, 5.74) is 0.867. The topological polar surface area (TPSA) is 138 Å². The van der Waals surface area contributed by atoms with Gasteiger partial charge in [0, 0.05) is 28.9 Å². The molecule has 36 heavy (non-hydrogen) atoms. The molecule has 0 saturated carbocycles. The number of carbonyl (C=O) groups is 2. The van der Waals surface area contributed by atoms with E-state index < -0.39 is 27.9 Å². The van der Waals surface area contributed by atoms with Crippen LogP contribution < -0.4 is 10.0 Å². The summed E-state index contributed by atoms with van der Waals surface area (Å²) in [6.45, 7) is 0. The number of hydrogen-bond acceptors (Lipinski definition) is 6. The number of carboxylic acids is 1. The lowest BCUT2D eigenvalue weighted by molar-refractivity contribution is -0.139. The molecule has 1 atom stereocenters. The van der Waals surface area contributed by atoms with E-state index in [0.717, 1.165) is 0 Å². The number of rotatable bonds is 8. The number of anilines is 1. The molecule has 4 rings (SSSR count). The molecule has 0 saturated heterocycles. The molecule has 0 spiro atoms. The number of fused-ring (bicyclic) bond motifs is 1. The number of hydrogen-bond donors (Lipinski definition) is 3. The fourth-order valence-corrected chi connectivity index (χ4v) is 5.14. The fourth-order valence-electron chi connectivity index (χ4n) is 3.52. The Morgan fingerprint density at radius 1 is 0.944 bits per heavy atom. The fraction of sp³-hybridized carbons (Fsp3) is 0.0833. The Kier molecular flexibility index (Phi) is 7.39. The third-order valence-corrected chi connectivity index (χ3v) is 7.02. The second-order valence-electron chi connectivity index (χ2n) is 7.67. The first-order valence-electron chi connectivity index (χ1n) is 10.4. The lowest BCUT2D eigenvalue weighted by atomic mass is 10.1. The molecule has 3 N–H and O–H groups in total. The first kappa shape index (κ1) is 25.4. The summed E-state index contributed by atoms with van der Waals surface area (Å²) in [7, 11) is -4.23. The highest BCUT2D eigenvalue weighted by Gasteiger charge is 2.25. The van der Waals surface area contributed by atoms with Crippen molar-refractivity contribution < 1.29 is 23.1 Å². The Labute approximate surface area is 216 Å². The molecule has 1 amide bonds. The molecule has 0 bridgehead atoms. The molecule has 0 radical (unpaired) electrons. The summed E-state index contributed by atoms with van der Waals surface area (Å²) >= 11 is 12.0. The van der Waals surface area contributed by atoms with Crippen molar-refractivity contribution in [2.24, 2.45) is 0 Å². The second-order valence-corrected chi connectivity index (χ2v) is 10.2. The minimum atomic E-state index is -4.23. The van der Waals surface area contributed by atoms with Gasteiger partial charge in [0.25, 0.3) is 15.9 Å². The number of halogens is 2. The maximum Gasteiger partial charge on any atom is 0.326 e. The van der Waals surface area contributed by atoms with Crippen LogP contribution in [0.25, 0.3) is 11.0 Å². The van der Waals surface area contributed by atoms with Crippen LogP contribution in [0.2, 0.25) is 10.0 Å². The molecule has 1 heterocycles. The molecule has 184 valence electrons. The zero-order chi connectivity index (χ0) is 25.9. The minimum Gasteiger partial charge on any atom is -0.480 e. The van der Waals surface area contributed by atoms with Crippen molar-refractivity contribution in [2.75, 3.05) is 4.72 Å². The van der Waals surface area contributed by atoms with Gasteiger partial charge < -0.3 is 10.4 Å². The molecule has 4 aromatic rings. The Balaban J connectivity index is 1.64. The van der Waals surface area contributed by atoms with E-state index in [1.54, 1.807) is 30.3 Å². The Bertz CT molecular complexity index is 1570. The van der Waals surface area contributed by atoms with Crippen molar-refractivity contribution in [1.29, 1.82) is 0 Å². The average Bonchev–Trinajstić information content (AvgIpc) is 2.83. The molecule has 1 aromatic heterocycles. The summed E-state index contributed by atoms with van der Waals surface area (Å²) in [5.74, 6) is -2.08. The van der Waals surface area contributed by atoms with Crippen molar-refractivity contribution in [3.8, 4) is 0 Å². The van der Waals surface area contributed by atoms with Crippen LogP contribution in [0.15, 0.2) is 78.0 Å². The number of aliphatic carboxylic acids is 1. The lowest BCUT2D eigenvalue weighted by Crippen LogP contribution is -2.42. The van der Waals surface area contributed by atoms with E-state index in [1.807, 2.05) is 0 Å². The first-order chi connectivity index (χ1) is 17.1. The van der Waals surface area contributed by atoms with Gasteiger partial charge in [0.05, 0.1) is 16.8 Å². The molecule has 9 nitrogen and oxygen atoms in total. The first-order valence-corrected chi connectivity index (χ1v) is 12.7. The minimum absolute atomic E-state index is 0.0367. The van der Waals surface area contributed by atoms with Crippen LogP contribution in [0.5, 0.6) is 0 Å². The van der Waals surface area contributed by atoms with E-state index in [9.17, 15) is 23.1 Å².